The Morgan fingerprint density at radius 2 is 1.81 bits per heavy atom. The maximum Gasteiger partial charge on any atom is 0.257 e. The van der Waals surface area contributed by atoms with Crippen LogP contribution in [0.3, 0.4) is 0 Å². The van der Waals surface area contributed by atoms with Crippen LogP contribution in [-0.2, 0) is 6.54 Å². The number of anilines is 1. The summed E-state index contributed by atoms with van der Waals surface area (Å²) in [6, 6.07) is 14.2. The molecule has 0 saturated carbocycles. The summed E-state index contributed by atoms with van der Waals surface area (Å²) < 4.78 is 0. The largest absolute Gasteiger partial charge is 0.369 e. The maximum absolute atomic E-state index is 13.0. The summed E-state index contributed by atoms with van der Waals surface area (Å²) in [5.74, 6) is 1.27. The Morgan fingerprint density at radius 3 is 2.50 bits per heavy atom. The van der Waals surface area contributed by atoms with Crippen molar-refractivity contribution < 1.29 is 4.79 Å². The zero-order valence-electron chi connectivity index (χ0n) is 15.7. The van der Waals surface area contributed by atoms with Crippen LogP contribution in [0.25, 0.3) is 0 Å². The number of benzene rings is 1. The van der Waals surface area contributed by atoms with E-state index in [1.807, 2.05) is 23.1 Å². The molecule has 5 heteroatoms. The lowest BCUT2D eigenvalue weighted by molar-refractivity contribution is 0.0629. The molecule has 0 atom stereocenters. The number of pyridine rings is 1. The van der Waals surface area contributed by atoms with Gasteiger partial charge < -0.3 is 10.2 Å². The summed E-state index contributed by atoms with van der Waals surface area (Å²) in [6.07, 6.45) is 1.73. The van der Waals surface area contributed by atoms with E-state index in [4.69, 9.17) is 0 Å². The highest BCUT2D eigenvalue weighted by atomic mass is 16.2. The molecule has 26 heavy (non-hydrogen) atoms. The lowest BCUT2D eigenvalue weighted by Crippen LogP contribution is -2.48. The maximum atomic E-state index is 13.0. The minimum Gasteiger partial charge on any atom is -0.369 e. The number of carbonyl (C=O) groups excluding carboxylic acids is 1. The number of nitrogens with one attached hydrogen (secondary N) is 1. The second-order valence-corrected chi connectivity index (χ2v) is 7.23. The number of piperazine rings is 1. The highest BCUT2D eigenvalue weighted by Gasteiger charge is 2.24. The summed E-state index contributed by atoms with van der Waals surface area (Å²) >= 11 is 0. The molecule has 1 amide bonds. The number of amides is 1. The second kappa shape index (κ2) is 8.81. The zero-order chi connectivity index (χ0) is 18.4. The van der Waals surface area contributed by atoms with Crippen molar-refractivity contribution in [3.63, 3.8) is 0 Å². The van der Waals surface area contributed by atoms with E-state index >= 15 is 0 Å². The Bertz CT molecular complexity index is 709. The molecule has 2 heterocycles. The van der Waals surface area contributed by atoms with Gasteiger partial charge in [-0.3, -0.25) is 9.69 Å². The number of nitrogens with zero attached hydrogens (tertiary/aromatic N) is 3. The fraction of sp³-hybridized carbons (Fsp3) is 0.429. The molecule has 138 valence electrons. The van der Waals surface area contributed by atoms with Crippen LogP contribution in [0.1, 0.15) is 29.8 Å². The number of rotatable bonds is 6. The predicted molar refractivity (Wildman–Crippen MR) is 105 cm³/mol. The summed E-state index contributed by atoms with van der Waals surface area (Å²) in [7, 11) is 0. The average molecular weight is 352 g/mol. The van der Waals surface area contributed by atoms with Gasteiger partial charge >= 0.3 is 0 Å². The van der Waals surface area contributed by atoms with E-state index in [9.17, 15) is 4.79 Å². The topological polar surface area (TPSA) is 48.5 Å². The predicted octanol–water partition coefficient (Wildman–Crippen LogP) is 3.11. The van der Waals surface area contributed by atoms with Crippen molar-refractivity contribution in [2.24, 2.45) is 5.92 Å². The first-order chi connectivity index (χ1) is 12.6. The molecular formula is C21H28N4O. The molecule has 1 N–H and O–H groups in total. The first kappa shape index (κ1) is 18.4. The van der Waals surface area contributed by atoms with Gasteiger partial charge in [-0.1, -0.05) is 44.2 Å². The van der Waals surface area contributed by atoms with Crippen molar-refractivity contribution in [1.82, 2.24) is 14.8 Å². The minimum absolute atomic E-state index is 0.0729. The number of hydrogen-bond acceptors (Lipinski definition) is 4. The molecule has 1 fully saturated rings. The normalized spacial score (nSPS) is 15.3. The molecule has 0 unspecified atom stereocenters. The third kappa shape index (κ3) is 4.82. The van der Waals surface area contributed by atoms with Gasteiger partial charge in [0.25, 0.3) is 5.91 Å². The van der Waals surface area contributed by atoms with E-state index in [2.05, 4.69) is 53.3 Å². The molecule has 1 aromatic heterocycles. The molecule has 1 aromatic carbocycles. The molecule has 0 radical (unpaired) electrons. The fourth-order valence-corrected chi connectivity index (χ4v) is 3.14. The SMILES string of the molecule is CC(C)CNc1ncccc1C(=O)N1CCN(Cc2ccccc2)CC1. The molecule has 3 rings (SSSR count). The number of carbonyl (C=O) groups is 1. The van der Waals surface area contributed by atoms with Crippen LogP contribution in [0.2, 0.25) is 0 Å². The third-order valence-electron chi connectivity index (χ3n) is 4.62. The first-order valence-electron chi connectivity index (χ1n) is 9.38. The molecule has 0 spiro atoms. The van der Waals surface area contributed by atoms with Gasteiger partial charge in [0.05, 0.1) is 5.56 Å². The molecule has 1 aliphatic heterocycles. The van der Waals surface area contributed by atoms with Crippen LogP contribution >= 0.6 is 0 Å². The van der Waals surface area contributed by atoms with Crippen LogP contribution < -0.4 is 5.32 Å². The van der Waals surface area contributed by atoms with Crippen molar-refractivity contribution in [1.29, 1.82) is 0 Å². The molecule has 1 aliphatic rings. The molecular weight excluding hydrogens is 324 g/mol. The Labute approximate surface area is 156 Å². The Balaban J connectivity index is 1.58. The van der Waals surface area contributed by atoms with E-state index in [0.717, 1.165) is 39.3 Å². The number of hydrogen-bond donors (Lipinski definition) is 1. The van der Waals surface area contributed by atoms with Gasteiger partial charge in [-0.25, -0.2) is 4.98 Å². The van der Waals surface area contributed by atoms with Gasteiger partial charge in [0.2, 0.25) is 0 Å². The van der Waals surface area contributed by atoms with Crippen LogP contribution in [0, 0.1) is 5.92 Å². The van der Waals surface area contributed by atoms with E-state index in [1.54, 1.807) is 6.20 Å². The van der Waals surface area contributed by atoms with E-state index < -0.39 is 0 Å². The average Bonchev–Trinajstić information content (AvgIpc) is 2.67. The first-order valence-corrected chi connectivity index (χ1v) is 9.38. The smallest absolute Gasteiger partial charge is 0.257 e. The summed E-state index contributed by atoms with van der Waals surface area (Å²) in [5.41, 5.74) is 1.99. The Hall–Kier alpha value is -2.40. The van der Waals surface area contributed by atoms with Gasteiger partial charge in [0.1, 0.15) is 5.82 Å². The Kier molecular flexibility index (Phi) is 6.23. The van der Waals surface area contributed by atoms with Crippen LogP contribution in [0.4, 0.5) is 5.82 Å². The van der Waals surface area contributed by atoms with Gasteiger partial charge in [-0.15, -0.1) is 0 Å². The van der Waals surface area contributed by atoms with Crippen molar-refractivity contribution >= 4 is 11.7 Å². The van der Waals surface area contributed by atoms with E-state index in [-0.39, 0.29) is 5.91 Å². The molecule has 0 aliphatic carbocycles. The monoisotopic (exact) mass is 352 g/mol. The lowest BCUT2D eigenvalue weighted by Gasteiger charge is -2.35. The van der Waals surface area contributed by atoms with E-state index in [0.29, 0.717) is 17.3 Å². The standard InChI is InChI=1S/C21H28N4O/c1-17(2)15-23-20-19(9-6-10-22-20)21(26)25-13-11-24(12-14-25)16-18-7-4-3-5-8-18/h3-10,17H,11-16H2,1-2H3,(H,22,23). The fourth-order valence-electron chi connectivity index (χ4n) is 3.14. The molecule has 0 bridgehead atoms. The third-order valence-corrected chi connectivity index (χ3v) is 4.62. The van der Waals surface area contributed by atoms with Crippen molar-refractivity contribution in [3.05, 3.63) is 59.8 Å². The lowest BCUT2D eigenvalue weighted by atomic mass is 10.1. The van der Waals surface area contributed by atoms with E-state index in [1.165, 1.54) is 5.56 Å². The van der Waals surface area contributed by atoms with Crippen LogP contribution in [0.5, 0.6) is 0 Å². The highest BCUT2D eigenvalue weighted by molar-refractivity contribution is 5.98. The quantitative estimate of drug-likeness (QED) is 0.868. The summed E-state index contributed by atoms with van der Waals surface area (Å²) in [4.78, 5) is 21.7. The summed E-state index contributed by atoms with van der Waals surface area (Å²) in [6.45, 7) is 9.34. The van der Waals surface area contributed by atoms with Crippen LogP contribution in [0.15, 0.2) is 48.7 Å². The van der Waals surface area contributed by atoms with Crippen LogP contribution in [-0.4, -0.2) is 53.4 Å². The minimum atomic E-state index is 0.0729. The van der Waals surface area contributed by atoms with Gasteiger partial charge in [0, 0.05) is 45.5 Å². The Morgan fingerprint density at radius 1 is 1.08 bits per heavy atom. The zero-order valence-corrected chi connectivity index (χ0v) is 15.7. The highest BCUT2D eigenvalue weighted by Crippen LogP contribution is 2.17. The van der Waals surface area contributed by atoms with Gasteiger partial charge in [0.15, 0.2) is 0 Å². The van der Waals surface area contributed by atoms with Crippen molar-refractivity contribution in [2.75, 3.05) is 38.0 Å². The van der Waals surface area contributed by atoms with Gasteiger partial charge in [-0.2, -0.15) is 0 Å². The van der Waals surface area contributed by atoms with Gasteiger partial charge in [-0.05, 0) is 23.6 Å². The second-order valence-electron chi connectivity index (χ2n) is 7.23. The van der Waals surface area contributed by atoms with Crippen molar-refractivity contribution in [3.8, 4) is 0 Å². The molecule has 1 saturated heterocycles. The number of aromatic nitrogens is 1. The molecule has 2 aromatic rings. The summed E-state index contributed by atoms with van der Waals surface area (Å²) in [5, 5.41) is 3.31. The molecule has 5 nitrogen and oxygen atoms in total. The van der Waals surface area contributed by atoms with Crippen molar-refractivity contribution in [2.45, 2.75) is 20.4 Å².